The molecule has 4 nitrogen and oxygen atoms in total. The summed E-state index contributed by atoms with van der Waals surface area (Å²) in [6, 6.07) is 2.69. The monoisotopic (exact) mass is 212 g/mol. The van der Waals surface area contributed by atoms with E-state index < -0.39 is 23.8 Å². The van der Waals surface area contributed by atoms with Gasteiger partial charge in [-0.1, -0.05) is 0 Å². The molecule has 0 aliphatic carbocycles. The Kier molecular flexibility index (Phi) is 2.95. The van der Waals surface area contributed by atoms with E-state index in [2.05, 4.69) is 4.98 Å². The van der Waals surface area contributed by atoms with Crippen molar-refractivity contribution in [3.8, 4) is 6.07 Å². The Labute approximate surface area is 83.8 Å². The van der Waals surface area contributed by atoms with Gasteiger partial charge in [0.15, 0.2) is 5.69 Å². The van der Waals surface area contributed by atoms with Gasteiger partial charge in [-0.15, -0.1) is 0 Å². The number of nitrogens with zero attached hydrogens (tertiary/aromatic N) is 2. The van der Waals surface area contributed by atoms with E-state index in [1.54, 1.807) is 6.07 Å². The third-order valence-electron chi connectivity index (χ3n) is 1.78. The summed E-state index contributed by atoms with van der Waals surface area (Å²) < 4.78 is 24.7. The van der Waals surface area contributed by atoms with Gasteiger partial charge in [0.1, 0.15) is 11.8 Å². The highest BCUT2D eigenvalue weighted by molar-refractivity contribution is 5.88. The molecule has 0 fully saturated rings. The van der Waals surface area contributed by atoms with Crippen LogP contribution in [-0.2, 0) is 0 Å². The molecule has 0 spiro atoms. The quantitative estimate of drug-likeness (QED) is 0.812. The second-order valence-corrected chi connectivity index (χ2v) is 2.80. The molecule has 0 saturated heterocycles. The van der Waals surface area contributed by atoms with Gasteiger partial charge in [0.2, 0.25) is 0 Å². The largest absolute Gasteiger partial charge is 0.476 e. The van der Waals surface area contributed by atoms with Crippen LogP contribution in [0.4, 0.5) is 8.78 Å². The minimum Gasteiger partial charge on any atom is -0.476 e. The molecule has 0 amide bonds. The van der Waals surface area contributed by atoms with E-state index in [0.717, 1.165) is 6.07 Å². The van der Waals surface area contributed by atoms with E-state index in [0.29, 0.717) is 0 Å². The number of rotatable bonds is 2. The van der Waals surface area contributed by atoms with Crippen LogP contribution in [0.1, 0.15) is 33.7 Å². The Balaban J connectivity index is 3.45. The van der Waals surface area contributed by atoms with Crippen LogP contribution in [0.25, 0.3) is 0 Å². The van der Waals surface area contributed by atoms with Crippen molar-refractivity contribution in [2.45, 2.75) is 13.3 Å². The standard InChI is InChI=1S/C9H6F2N2O2/c1-4-2-5(3-12)7(9(14)15)13-6(4)8(10)11/h2,8H,1H3,(H,14,15). The predicted molar refractivity (Wildman–Crippen MR) is 45.6 cm³/mol. The fourth-order valence-electron chi connectivity index (χ4n) is 1.10. The van der Waals surface area contributed by atoms with Crippen molar-refractivity contribution in [2.24, 2.45) is 0 Å². The third kappa shape index (κ3) is 2.07. The normalized spacial score (nSPS) is 10.1. The summed E-state index contributed by atoms with van der Waals surface area (Å²) in [5, 5.41) is 17.2. The summed E-state index contributed by atoms with van der Waals surface area (Å²) in [5.41, 5.74) is -1.36. The van der Waals surface area contributed by atoms with E-state index in [-0.39, 0.29) is 11.1 Å². The highest BCUT2D eigenvalue weighted by Gasteiger charge is 2.19. The van der Waals surface area contributed by atoms with E-state index >= 15 is 0 Å². The van der Waals surface area contributed by atoms with Gasteiger partial charge >= 0.3 is 5.97 Å². The van der Waals surface area contributed by atoms with Crippen LogP contribution in [0.15, 0.2) is 6.07 Å². The Bertz CT molecular complexity index is 452. The molecule has 1 aromatic rings. The highest BCUT2D eigenvalue weighted by Crippen LogP contribution is 2.22. The summed E-state index contributed by atoms with van der Waals surface area (Å²) in [6.45, 7) is 1.35. The van der Waals surface area contributed by atoms with E-state index in [1.807, 2.05) is 0 Å². The van der Waals surface area contributed by atoms with Crippen molar-refractivity contribution >= 4 is 5.97 Å². The van der Waals surface area contributed by atoms with Crippen LogP contribution >= 0.6 is 0 Å². The van der Waals surface area contributed by atoms with Gasteiger partial charge in [-0.05, 0) is 18.6 Å². The third-order valence-corrected chi connectivity index (χ3v) is 1.78. The van der Waals surface area contributed by atoms with E-state index in [9.17, 15) is 13.6 Å². The van der Waals surface area contributed by atoms with Crippen molar-refractivity contribution in [2.75, 3.05) is 0 Å². The van der Waals surface area contributed by atoms with Gasteiger partial charge in [0, 0.05) is 0 Å². The molecule has 0 aromatic carbocycles. The van der Waals surface area contributed by atoms with Crippen LogP contribution in [-0.4, -0.2) is 16.1 Å². The summed E-state index contributed by atoms with van der Waals surface area (Å²) in [5.74, 6) is -1.49. The first kappa shape index (κ1) is 11.0. The molecular weight excluding hydrogens is 206 g/mol. The lowest BCUT2D eigenvalue weighted by atomic mass is 10.1. The van der Waals surface area contributed by atoms with Gasteiger partial charge < -0.3 is 5.11 Å². The maximum Gasteiger partial charge on any atom is 0.355 e. The Morgan fingerprint density at radius 3 is 2.67 bits per heavy atom. The molecule has 1 aromatic heterocycles. The van der Waals surface area contributed by atoms with Crippen molar-refractivity contribution in [1.29, 1.82) is 5.26 Å². The molecule has 0 aliphatic rings. The molecule has 78 valence electrons. The van der Waals surface area contributed by atoms with Crippen LogP contribution in [0.2, 0.25) is 0 Å². The van der Waals surface area contributed by atoms with Crippen LogP contribution in [0.3, 0.4) is 0 Å². The predicted octanol–water partition coefficient (Wildman–Crippen LogP) is 1.90. The summed E-state index contributed by atoms with van der Waals surface area (Å²) in [4.78, 5) is 13.9. The van der Waals surface area contributed by atoms with Crippen LogP contribution in [0, 0.1) is 18.3 Å². The molecule has 0 bridgehead atoms. The van der Waals surface area contributed by atoms with Gasteiger partial charge in [0.25, 0.3) is 6.43 Å². The minimum absolute atomic E-state index is 0.103. The zero-order chi connectivity index (χ0) is 11.6. The smallest absolute Gasteiger partial charge is 0.355 e. The van der Waals surface area contributed by atoms with Crippen molar-refractivity contribution in [3.63, 3.8) is 0 Å². The molecule has 0 atom stereocenters. The number of carboxylic acid groups (broad SMARTS) is 1. The fraction of sp³-hybridized carbons (Fsp3) is 0.222. The lowest BCUT2D eigenvalue weighted by Gasteiger charge is -2.06. The minimum atomic E-state index is -2.85. The molecule has 1 N–H and O–H groups in total. The Morgan fingerprint density at radius 1 is 1.67 bits per heavy atom. The average molecular weight is 212 g/mol. The number of halogens is 2. The number of carbonyl (C=O) groups is 1. The molecular formula is C9H6F2N2O2. The van der Waals surface area contributed by atoms with Crippen molar-refractivity contribution in [1.82, 2.24) is 4.98 Å². The first-order valence-corrected chi connectivity index (χ1v) is 3.90. The number of hydrogen-bond donors (Lipinski definition) is 1. The van der Waals surface area contributed by atoms with Gasteiger partial charge in [0.05, 0.1) is 5.56 Å². The number of nitriles is 1. The number of carboxylic acids is 1. The maximum absolute atomic E-state index is 12.4. The lowest BCUT2D eigenvalue weighted by Crippen LogP contribution is -2.08. The average Bonchev–Trinajstić information content (AvgIpc) is 2.16. The second kappa shape index (κ2) is 4.00. The van der Waals surface area contributed by atoms with Gasteiger partial charge in [-0.2, -0.15) is 5.26 Å². The van der Waals surface area contributed by atoms with Crippen LogP contribution < -0.4 is 0 Å². The van der Waals surface area contributed by atoms with E-state index in [1.165, 1.54) is 6.92 Å². The number of hydrogen-bond acceptors (Lipinski definition) is 3. The molecule has 1 heterocycles. The maximum atomic E-state index is 12.4. The Morgan fingerprint density at radius 2 is 2.27 bits per heavy atom. The zero-order valence-electron chi connectivity index (χ0n) is 7.66. The summed E-state index contributed by atoms with van der Waals surface area (Å²) in [6.07, 6.45) is -2.85. The first-order chi connectivity index (χ1) is 6.97. The van der Waals surface area contributed by atoms with Gasteiger partial charge in [-0.3, -0.25) is 0 Å². The van der Waals surface area contributed by atoms with Crippen molar-refractivity contribution in [3.05, 3.63) is 28.6 Å². The highest BCUT2D eigenvalue weighted by atomic mass is 19.3. The number of aromatic nitrogens is 1. The van der Waals surface area contributed by atoms with Gasteiger partial charge in [-0.25, -0.2) is 18.6 Å². The molecule has 0 unspecified atom stereocenters. The lowest BCUT2D eigenvalue weighted by molar-refractivity contribution is 0.0688. The van der Waals surface area contributed by atoms with Crippen LogP contribution in [0.5, 0.6) is 0 Å². The molecule has 15 heavy (non-hydrogen) atoms. The number of alkyl halides is 2. The Hall–Kier alpha value is -2.03. The topological polar surface area (TPSA) is 74.0 Å². The molecule has 6 heteroatoms. The van der Waals surface area contributed by atoms with Crippen molar-refractivity contribution < 1.29 is 18.7 Å². The zero-order valence-corrected chi connectivity index (χ0v) is 7.66. The number of aryl methyl sites for hydroxylation is 1. The number of pyridine rings is 1. The summed E-state index contributed by atoms with van der Waals surface area (Å²) >= 11 is 0. The SMILES string of the molecule is Cc1cc(C#N)c(C(=O)O)nc1C(F)F. The first-order valence-electron chi connectivity index (χ1n) is 3.90. The number of aromatic carboxylic acids is 1. The molecule has 0 radical (unpaired) electrons. The molecule has 1 rings (SSSR count). The van der Waals surface area contributed by atoms with E-state index in [4.69, 9.17) is 10.4 Å². The molecule has 0 aliphatic heterocycles. The fourth-order valence-corrected chi connectivity index (χ4v) is 1.10. The summed E-state index contributed by atoms with van der Waals surface area (Å²) in [7, 11) is 0. The molecule has 0 saturated carbocycles. The second-order valence-electron chi connectivity index (χ2n) is 2.80.